The third-order valence-corrected chi connectivity index (χ3v) is 3.18. The molecule has 94 valence electrons. The molecule has 1 aliphatic heterocycles. The van der Waals surface area contributed by atoms with Crippen LogP contribution in [0.15, 0.2) is 18.2 Å². The van der Waals surface area contributed by atoms with Crippen molar-refractivity contribution >= 4 is 0 Å². The van der Waals surface area contributed by atoms with Crippen LogP contribution in [0.25, 0.3) is 0 Å². The molecule has 0 bridgehead atoms. The molecule has 1 saturated heterocycles. The van der Waals surface area contributed by atoms with E-state index in [4.69, 9.17) is 9.47 Å². The number of benzene rings is 1. The third-order valence-electron chi connectivity index (χ3n) is 3.18. The lowest BCUT2D eigenvalue weighted by molar-refractivity contribution is 0.0553. The molecule has 1 aromatic carbocycles. The van der Waals surface area contributed by atoms with Gasteiger partial charge in [0.25, 0.3) is 0 Å². The number of methoxy groups -OCH3 is 1. The predicted octanol–water partition coefficient (Wildman–Crippen LogP) is 1.92. The van der Waals surface area contributed by atoms with Crippen LogP contribution in [-0.4, -0.2) is 30.9 Å². The van der Waals surface area contributed by atoms with E-state index in [1.807, 2.05) is 0 Å². The number of nitrogens with one attached hydrogen (secondary N) is 1. The van der Waals surface area contributed by atoms with Crippen LogP contribution in [0.1, 0.15) is 19.8 Å². The fourth-order valence-corrected chi connectivity index (χ4v) is 2.06. The largest absolute Gasteiger partial charge is 0.504 e. The Labute approximate surface area is 102 Å². The molecule has 0 unspecified atom stereocenters. The molecule has 4 nitrogen and oxygen atoms in total. The fourth-order valence-electron chi connectivity index (χ4n) is 2.06. The first-order chi connectivity index (χ1) is 8.13. The minimum atomic E-state index is -0.132. The van der Waals surface area contributed by atoms with Crippen LogP contribution < -0.4 is 14.8 Å². The van der Waals surface area contributed by atoms with E-state index in [2.05, 4.69) is 12.2 Å². The van der Waals surface area contributed by atoms with E-state index in [1.54, 1.807) is 18.2 Å². The zero-order chi connectivity index (χ0) is 12.3. The quantitative estimate of drug-likeness (QED) is 0.843. The molecular formula is C13H19NO3. The summed E-state index contributed by atoms with van der Waals surface area (Å²) in [7, 11) is 1.53. The lowest BCUT2D eigenvalue weighted by Gasteiger charge is -2.34. The fraction of sp³-hybridized carbons (Fsp3) is 0.538. The van der Waals surface area contributed by atoms with Crippen molar-refractivity contribution in [2.45, 2.75) is 25.4 Å². The number of hydrogen-bond donors (Lipinski definition) is 2. The molecule has 1 heterocycles. The number of piperidine rings is 1. The van der Waals surface area contributed by atoms with Crippen LogP contribution in [0.3, 0.4) is 0 Å². The monoisotopic (exact) mass is 237 g/mol. The van der Waals surface area contributed by atoms with Crippen LogP contribution in [0.4, 0.5) is 0 Å². The second-order valence-corrected chi connectivity index (χ2v) is 4.64. The molecule has 0 atom stereocenters. The summed E-state index contributed by atoms with van der Waals surface area (Å²) < 4.78 is 11.1. The van der Waals surface area contributed by atoms with Crippen molar-refractivity contribution < 1.29 is 14.6 Å². The van der Waals surface area contributed by atoms with Crippen molar-refractivity contribution in [2.24, 2.45) is 0 Å². The summed E-state index contributed by atoms with van der Waals surface area (Å²) in [6, 6.07) is 5.09. The van der Waals surface area contributed by atoms with Crippen molar-refractivity contribution in [3.05, 3.63) is 18.2 Å². The molecule has 4 heteroatoms. The van der Waals surface area contributed by atoms with Crippen LogP contribution in [0, 0.1) is 0 Å². The van der Waals surface area contributed by atoms with Gasteiger partial charge in [-0.05, 0) is 45.0 Å². The summed E-state index contributed by atoms with van der Waals surface area (Å²) in [6.45, 7) is 4.07. The third kappa shape index (κ3) is 2.82. The van der Waals surface area contributed by atoms with Crippen LogP contribution in [0.2, 0.25) is 0 Å². The Morgan fingerprint density at radius 2 is 2.00 bits per heavy atom. The SMILES string of the molecule is COc1cc(OC2(C)CCNCC2)ccc1O. The Kier molecular flexibility index (Phi) is 3.43. The first kappa shape index (κ1) is 12.0. The van der Waals surface area contributed by atoms with Gasteiger partial charge in [0, 0.05) is 6.07 Å². The minimum Gasteiger partial charge on any atom is -0.504 e. The van der Waals surface area contributed by atoms with Gasteiger partial charge in [-0.15, -0.1) is 0 Å². The smallest absolute Gasteiger partial charge is 0.164 e. The van der Waals surface area contributed by atoms with Gasteiger partial charge in [0.05, 0.1) is 7.11 Å². The summed E-state index contributed by atoms with van der Waals surface area (Å²) in [5.41, 5.74) is -0.132. The molecular weight excluding hydrogens is 218 g/mol. The van der Waals surface area contributed by atoms with Gasteiger partial charge < -0.3 is 19.9 Å². The summed E-state index contributed by atoms with van der Waals surface area (Å²) in [5.74, 6) is 1.32. The first-order valence-electron chi connectivity index (χ1n) is 5.90. The Morgan fingerprint density at radius 1 is 1.29 bits per heavy atom. The number of rotatable bonds is 3. The summed E-state index contributed by atoms with van der Waals surface area (Å²) in [4.78, 5) is 0. The van der Waals surface area contributed by atoms with E-state index in [0.29, 0.717) is 5.75 Å². The maximum Gasteiger partial charge on any atom is 0.164 e. The standard InChI is InChI=1S/C13H19NO3/c1-13(5-7-14-8-6-13)17-10-3-4-11(15)12(9-10)16-2/h3-4,9,14-15H,5-8H2,1-2H3. The number of phenolic OH excluding ortho intramolecular Hbond substituents is 1. The molecule has 1 fully saturated rings. The van der Waals surface area contributed by atoms with E-state index in [-0.39, 0.29) is 11.4 Å². The Morgan fingerprint density at radius 3 is 2.65 bits per heavy atom. The molecule has 0 aromatic heterocycles. The normalized spacial score (nSPS) is 18.7. The van der Waals surface area contributed by atoms with Crippen LogP contribution in [-0.2, 0) is 0 Å². The Hall–Kier alpha value is -1.42. The summed E-state index contributed by atoms with van der Waals surface area (Å²) >= 11 is 0. The van der Waals surface area contributed by atoms with E-state index < -0.39 is 0 Å². The number of hydrogen-bond acceptors (Lipinski definition) is 4. The van der Waals surface area contributed by atoms with E-state index in [9.17, 15) is 5.11 Å². The van der Waals surface area contributed by atoms with E-state index in [1.165, 1.54) is 7.11 Å². The average Bonchev–Trinajstić information content (AvgIpc) is 2.32. The van der Waals surface area contributed by atoms with Crippen molar-refractivity contribution in [3.8, 4) is 17.2 Å². The highest BCUT2D eigenvalue weighted by Crippen LogP contribution is 2.33. The van der Waals surface area contributed by atoms with Gasteiger partial charge in [-0.2, -0.15) is 0 Å². The van der Waals surface area contributed by atoms with E-state index in [0.717, 1.165) is 31.7 Å². The topological polar surface area (TPSA) is 50.7 Å². The molecule has 1 aliphatic rings. The Bertz CT molecular complexity index is 386. The summed E-state index contributed by atoms with van der Waals surface area (Å²) in [5, 5.41) is 12.8. The van der Waals surface area contributed by atoms with Gasteiger partial charge in [-0.25, -0.2) is 0 Å². The zero-order valence-corrected chi connectivity index (χ0v) is 10.3. The number of phenols is 1. The zero-order valence-electron chi connectivity index (χ0n) is 10.3. The minimum absolute atomic E-state index is 0.132. The molecule has 0 saturated carbocycles. The Balaban J connectivity index is 2.12. The van der Waals surface area contributed by atoms with Crippen LogP contribution >= 0.6 is 0 Å². The average molecular weight is 237 g/mol. The number of ether oxygens (including phenoxy) is 2. The molecule has 0 spiro atoms. The molecule has 17 heavy (non-hydrogen) atoms. The molecule has 2 rings (SSSR count). The maximum atomic E-state index is 9.51. The molecule has 0 aliphatic carbocycles. The summed E-state index contributed by atoms with van der Waals surface area (Å²) in [6.07, 6.45) is 1.96. The highest BCUT2D eigenvalue weighted by atomic mass is 16.5. The molecule has 0 amide bonds. The van der Waals surface area contributed by atoms with Gasteiger partial charge in [-0.3, -0.25) is 0 Å². The van der Waals surface area contributed by atoms with Gasteiger partial charge in [-0.1, -0.05) is 0 Å². The second kappa shape index (κ2) is 4.84. The highest BCUT2D eigenvalue weighted by molar-refractivity contribution is 5.44. The van der Waals surface area contributed by atoms with Gasteiger partial charge >= 0.3 is 0 Å². The van der Waals surface area contributed by atoms with Crippen molar-refractivity contribution in [1.82, 2.24) is 5.32 Å². The maximum absolute atomic E-state index is 9.51. The van der Waals surface area contributed by atoms with Crippen molar-refractivity contribution in [2.75, 3.05) is 20.2 Å². The van der Waals surface area contributed by atoms with Gasteiger partial charge in [0.15, 0.2) is 11.5 Å². The molecule has 2 N–H and O–H groups in total. The molecule has 0 radical (unpaired) electrons. The molecule has 1 aromatic rings. The lowest BCUT2D eigenvalue weighted by Crippen LogP contribution is -2.43. The van der Waals surface area contributed by atoms with Crippen molar-refractivity contribution in [3.63, 3.8) is 0 Å². The van der Waals surface area contributed by atoms with Crippen LogP contribution in [0.5, 0.6) is 17.2 Å². The second-order valence-electron chi connectivity index (χ2n) is 4.64. The van der Waals surface area contributed by atoms with E-state index >= 15 is 0 Å². The predicted molar refractivity (Wildman–Crippen MR) is 65.8 cm³/mol. The lowest BCUT2D eigenvalue weighted by atomic mass is 9.94. The van der Waals surface area contributed by atoms with Gasteiger partial charge in [0.1, 0.15) is 11.4 Å². The first-order valence-corrected chi connectivity index (χ1v) is 5.90. The number of aromatic hydroxyl groups is 1. The van der Waals surface area contributed by atoms with Gasteiger partial charge in [0.2, 0.25) is 0 Å². The van der Waals surface area contributed by atoms with Crippen molar-refractivity contribution in [1.29, 1.82) is 0 Å². The highest BCUT2D eigenvalue weighted by Gasteiger charge is 2.28.